The molecule has 2 fully saturated rings. The molecule has 1 N–H and O–H groups in total. The molecule has 0 saturated carbocycles. The van der Waals surface area contributed by atoms with Gasteiger partial charge in [-0.3, -0.25) is 0 Å². The molecule has 2 saturated heterocycles. The molecule has 0 spiro atoms. The average Bonchev–Trinajstić information content (AvgIpc) is 2.68. The molecular weight excluding hydrogens is 300 g/mol. The van der Waals surface area contributed by atoms with Crippen LogP contribution in [-0.4, -0.2) is 43.8 Å². The summed E-state index contributed by atoms with van der Waals surface area (Å²) in [6.45, 7) is 17.2. The Labute approximate surface area is 139 Å². The van der Waals surface area contributed by atoms with Crippen LogP contribution in [0, 0.1) is 0 Å². The molecule has 0 amide bonds. The lowest BCUT2D eigenvalue weighted by atomic mass is 9.81. The van der Waals surface area contributed by atoms with Crippen LogP contribution in [0.4, 0.5) is 0 Å². The van der Waals surface area contributed by atoms with Crippen molar-refractivity contribution in [1.82, 2.24) is 10.7 Å². The van der Waals surface area contributed by atoms with Crippen LogP contribution in [0.3, 0.4) is 0 Å². The maximum Gasteiger partial charge on any atom is 0.122 e. The SMILES string of the molecule is CC(C)(O)CCC1(C)ON(N2OC(C)(C)C(C)(C)O2)OC1(C)C. The van der Waals surface area contributed by atoms with Gasteiger partial charge in [0.05, 0.1) is 16.3 Å². The second kappa shape index (κ2) is 5.36. The lowest BCUT2D eigenvalue weighted by Crippen LogP contribution is -2.45. The van der Waals surface area contributed by atoms with Gasteiger partial charge in [0.15, 0.2) is 0 Å². The molecule has 0 aromatic heterocycles. The van der Waals surface area contributed by atoms with Gasteiger partial charge in [-0.25, -0.2) is 19.4 Å². The van der Waals surface area contributed by atoms with Gasteiger partial charge in [-0.1, -0.05) is 0 Å². The summed E-state index contributed by atoms with van der Waals surface area (Å²) in [5, 5.41) is 12.3. The van der Waals surface area contributed by atoms with E-state index in [0.717, 1.165) is 5.34 Å². The third kappa shape index (κ3) is 3.56. The Bertz CT molecular complexity index is 442. The molecule has 7 heteroatoms. The van der Waals surface area contributed by atoms with Crippen molar-refractivity contribution in [2.75, 3.05) is 0 Å². The van der Waals surface area contributed by atoms with Gasteiger partial charge in [0.2, 0.25) is 0 Å². The van der Waals surface area contributed by atoms with Crippen LogP contribution in [0.25, 0.3) is 0 Å². The summed E-state index contributed by atoms with van der Waals surface area (Å²) in [4.78, 5) is 23.5. The molecule has 7 nitrogen and oxygen atoms in total. The Morgan fingerprint density at radius 2 is 1.13 bits per heavy atom. The normalized spacial score (nSPS) is 34.2. The molecule has 2 rings (SSSR count). The van der Waals surface area contributed by atoms with Crippen molar-refractivity contribution >= 4 is 0 Å². The topological polar surface area (TPSA) is 63.6 Å². The predicted molar refractivity (Wildman–Crippen MR) is 84.2 cm³/mol. The Morgan fingerprint density at radius 1 is 0.739 bits per heavy atom. The minimum absolute atomic E-state index is 0.532. The smallest absolute Gasteiger partial charge is 0.122 e. The highest BCUT2D eigenvalue weighted by Crippen LogP contribution is 2.46. The molecule has 0 radical (unpaired) electrons. The summed E-state index contributed by atoms with van der Waals surface area (Å²) in [5.41, 5.74) is -3.06. The van der Waals surface area contributed by atoms with Crippen molar-refractivity contribution in [1.29, 1.82) is 0 Å². The van der Waals surface area contributed by atoms with Crippen molar-refractivity contribution in [3.8, 4) is 0 Å². The lowest BCUT2D eigenvalue weighted by molar-refractivity contribution is -0.588. The van der Waals surface area contributed by atoms with Crippen molar-refractivity contribution in [2.45, 2.75) is 103 Å². The van der Waals surface area contributed by atoms with Crippen molar-refractivity contribution in [3.05, 3.63) is 0 Å². The highest BCUT2D eigenvalue weighted by Gasteiger charge is 2.59. The summed E-state index contributed by atoms with van der Waals surface area (Å²) in [5.74, 6) is 0. The molecule has 2 aliphatic heterocycles. The maximum atomic E-state index is 10.0. The lowest BCUT2D eigenvalue weighted by Gasteiger charge is -2.33. The van der Waals surface area contributed by atoms with Gasteiger partial charge in [-0.15, -0.1) is 0 Å². The first-order valence-electron chi connectivity index (χ1n) is 8.18. The zero-order valence-electron chi connectivity index (χ0n) is 15.9. The van der Waals surface area contributed by atoms with Gasteiger partial charge in [0.25, 0.3) is 0 Å². The summed E-state index contributed by atoms with van der Waals surface area (Å²) >= 11 is 0. The van der Waals surface area contributed by atoms with E-state index in [-0.39, 0.29) is 0 Å². The van der Waals surface area contributed by atoms with Crippen molar-refractivity contribution < 1.29 is 24.5 Å². The van der Waals surface area contributed by atoms with Gasteiger partial charge in [-0.2, -0.15) is 0 Å². The third-order valence-electron chi connectivity index (χ3n) is 5.27. The van der Waals surface area contributed by atoms with Gasteiger partial charge in [0, 0.05) is 0 Å². The number of aliphatic hydroxyl groups is 1. The maximum absolute atomic E-state index is 10.0. The molecule has 0 aliphatic carbocycles. The fourth-order valence-corrected chi connectivity index (χ4v) is 2.25. The average molecular weight is 332 g/mol. The molecule has 1 unspecified atom stereocenters. The summed E-state index contributed by atoms with van der Waals surface area (Å²) < 4.78 is 0. The van der Waals surface area contributed by atoms with E-state index in [9.17, 15) is 5.11 Å². The van der Waals surface area contributed by atoms with E-state index in [2.05, 4.69) is 0 Å². The van der Waals surface area contributed by atoms with E-state index in [0.29, 0.717) is 12.8 Å². The van der Waals surface area contributed by atoms with Gasteiger partial charge < -0.3 is 5.11 Å². The van der Waals surface area contributed by atoms with Gasteiger partial charge in [0.1, 0.15) is 22.4 Å². The van der Waals surface area contributed by atoms with Crippen molar-refractivity contribution in [2.24, 2.45) is 0 Å². The van der Waals surface area contributed by atoms with Crippen molar-refractivity contribution in [3.63, 3.8) is 0 Å². The van der Waals surface area contributed by atoms with Gasteiger partial charge in [-0.05, 0) is 75.2 Å². The second-order valence-electron chi connectivity index (χ2n) is 8.92. The Balaban J connectivity index is 2.11. The number of rotatable bonds is 4. The van der Waals surface area contributed by atoms with Crippen LogP contribution in [0.15, 0.2) is 0 Å². The van der Waals surface area contributed by atoms with E-state index >= 15 is 0 Å². The molecule has 2 heterocycles. The third-order valence-corrected chi connectivity index (χ3v) is 5.27. The number of hydrogen-bond donors (Lipinski definition) is 1. The summed E-state index contributed by atoms with van der Waals surface area (Å²) in [7, 11) is 0. The first kappa shape index (κ1) is 19.1. The zero-order chi connectivity index (χ0) is 17.9. The number of nitrogens with zero attached hydrogens (tertiary/aromatic N) is 2. The highest BCUT2D eigenvalue weighted by atomic mass is 17.2. The molecular formula is C16H32N2O5. The predicted octanol–water partition coefficient (Wildman–Crippen LogP) is 2.90. The van der Waals surface area contributed by atoms with Crippen LogP contribution in [0.2, 0.25) is 0 Å². The molecule has 23 heavy (non-hydrogen) atoms. The fraction of sp³-hybridized carbons (Fsp3) is 1.00. The second-order valence-corrected chi connectivity index (χ2v) is 8.92. The Morgan fingerprint density at radius 3 is 1.57 bits per heavy atom. The molecule has 136 valence electrons. The highest BCUT2D eigenvalue weighted by molar-refractivity contribution is 4.96. The standard InChI is InChI=1S/C16H32N2O5/c1-12(2,19)10-11-16(9)15(7,8)22-18(23-16)17-20-13(3,4)14(5,6)21-17/h19H,10-11H2,1-9H3. The first-order valence-corrected chi connectivity index (χ1v) is 8.18. The number of hydrazine groups is 1. The van der Waals surface area contributed by atoms with Crippen LogP contribution >= 0.6 is 0 Å². The molecule has 0 bridgehead atoms. The summed E-state index contributed by atoms with van der Waals surface area (Å²) in [6.07, 6.45) is 1.21. The number of hydrogen-bond acceptors (Lipinski definition) is 7. The minimum Gasteiger partial charge on any atom is -0.390 e. The van der Waals surface area contributed by atoms with Gasteiger partial charge >= 0.3 is 0 Å². The monoisotopic (exact) mass is 332 g/mol. The largest absolute Gasteiger partial charge is 0.390 e. The Kier molecular flexibility index (Phi) is 4.44. The van der Waals surface area contributed by atoms with Crippen LogP contribution in [0.1, 0.15) is 75.2 Å². The van der Waals surface area contributed by atoms with E-state index in [1.54, 1.807) is 13.8 Å². The minimum atomic E-state index is -0.763. The first-order chi connectivity index (χ1) is 10.1. The Hall–Kier alpha value is -0.280. The quantitative estimate of drug-likeness (QED) is 0.849. The molecule has 2 aliphatic rings. The molecule has 1 atom stereocenters. The fourth-order valence-electron chi connectivity index (χ4n) is 2.25. The van der Waals surface area contributed by atoms with E-state index in [1.807, 2.05) is 48.5 Å². The van der Waals surface area contributed by atoms with Crippen LogP contribution in [0.5, 0.6) is 0 Å². The van der Waals surface area contributed by atoms with Crippen LogP contribution in [-0.2, 0) is 19.4 Å². The van der Waals surface area contributed by atoms with E-state index in [1.165, 1.54) is 5.34 Å². The zero-order valence-corrected chi connectivity index (χ0v) is 15.9. The van der Waals surface area contributed by atoms with E-state index < -0.39 is 28.0 Å². The molecule has 0 aromatic rings. The summed E-state index contributed by atoms with van der Waals surface area (Å²) in [6, 6.07) is 0. The van der Waals surface area contributed by atoms with Crippen LogP contribution < -0.4 is 0 Å². The molecule has 0 aromatic carbocycles. The van der Waals surface area contributed by atoms with E-state index in [4.69, 9.17) is 19.4 Å².